The number of likely N-dealkylation sites (tertiary alicyclic amines) is 1. The molecular weight excluding hydrogens is 601 g/mol. The second kappa shape index (κ2) is 11.8. The van der Waals surface area contributed by atoms with Gasteiger partial charge in [0.2, 0.25) is 11.8 Å². The van der Waals surface area contributed by atoms with E-state index in [2.05, 4.69) is 49.4 Å². The van der Waals surface area contributed by atoms with Gasteiger partial charge < -0.3 is 19.3 Å². The minimum absolute atomic E-state index is 0.136. The van der Waals surface area contributed by atoms with E-state index in [-0.39, 0.29) is 23.7 Å². The van der Waals surface area contributed by atoms with E-state index in [9.17, 15) is 19.5 Å². The Hall–Kier alpha value is -2.40. The Morgan fingerprint density at radius 2 is 1.95 bits per heavy atom. The van der Waals surface area contributed by atoms with Crippen molar-refractivity contribution in [3.8, 4) is 11.5 Å². The summed E-state index contributed by atoms with van der Waals surface area (Å²) in [7, 11) is 2.72. The fraction of sp³-hybridized carbons (Fsp3) is 0.552. The molecular formula is C29H36INO7. The molecule has 9 heteroatoms. The third kappa shape index (κ3) is 5.23. The minimum atomic E-state index is -0.910. The van der Waals surface area contributed by atoms with Gasteiger partial charge in [-0.3, -0.25) is 9.59 Å². The van der Waals surface area contributed by atoms with E-state index in [0.29, 0.717) is 23.7 Å². The highest BCUT2D eigenvalue weighted by Gasteiger charge is 2.59. The van der Waals surface area contributed by atoms with E-state index < -0.39 is 29.7 Å². The number of allylic oxidation sites excluding steroid dienone is 2. The largest absolute Gasteiger partial charge is 0.504 e. The Balaban J connectivity index is 1.59. The molecule has 1 aromatic carbocycles. The number of methoxy groups -OCH3 is 2. The number of imide groups is 3. The summed E-state index contributed by atoms with van der Waals surface area (Å²) in [5.74, 6) is -1.47. The van der Waals surface area contributed by atoms with Crippen LogP contribution in [0.4, 0.5) is 4.79 Å². The number of rotatable bonds is 8. The molecule has 2 aliphatic heterocycles. The normalized spacial score (nSPS) is 25.2. The average molecular weight is 638 g/mol. The maximum atomic E-state index is 13.2. The summed E-state index contributed by atoms with van der Waals surface area (Å²) in [6.07, 6.45) is 5.08. The first kappa shape index (κ1) is 28.6. The molecule has 1 N–H and O–H groups in total. The molecule has 3 aliphatic rings. The van der Waals surface area contributed by atoms with E-state index in [1.54, 1.807) is 7.11 Å². The molecule has 38 heavy (non-hydrogen) atoms. The molecule has 4 atom stereocenters. The van der Waals surface area contributed by atoms with E-state index >= 15 is 0 Å². The van der Waals surface area contributed by atoms with Gasteiger partial charge in [-0.05, 0) is 77.5 Å². The number of aromatic hydroxyl groups is 1. The van der Waals surface area contributed by atoms with Crippen LogP contribution in [0.1, 0.15) is 58.4 Å². The van der Waals surface area contributed by atoms with E-state index in [4.69, 9.17) is 14.2 Å². The van der Waals surface area contributed by atoms with Crippen molar-refractivity contribution in [1.29, 1.82) is 0 Å². The van der Waals surface area contributed by atoms with Gasteiger partial charge in [-0.15, -0.1) is 0 Å². The van der Waals surface area contributed by atoms with E-state index in [1.165, 1.54) is 18.3 Å². The smallest absolute Gasteiger partial charge is 0.423 e. The zero-order valence-electron chi connectivity index (χ0n) is 22.6. The number of ether oxygens (including phenoxy) is 3. The van der Waals surface area contributed by atoms with Crippen molar-refractivity contribution in [2.75, 3.05) is 20.8 Å². The molecule has 8 nitrogen and oxygen atoms in total. The summed E-state index contributed by atoms with van der Waals surface area (Å²) in [4.78, 5) is 39.2. The van der Waals surface area contributed by atoms with Crippen molar-refractivity contribution in [2.24, 2.45) is 23.7 Å². The van der Waals surface area contributed by atoms with Gasteiger partial charge in [-0.1, -0.05) is 44.4 Å². The SMILES string of the molecule is CCC/C(=C\c1cc(I)c(O)c(OC)c1)CC[C@H]1OC[C@H]2C1=C(C(C)C)C[C@H]1C(=O)N(C(=O)OC)C(=O)[C@H]12. The number of nitrogens with zero attached hydrogens (tertiary/aromatic N) is 1. The number of carbonyl (C=O) groups excluding carboxylic acids is 3. The molecule has 206 valence electrons. The fourth-order valence-electron chi connectivity index (χ4n) is 6.21. The highest BCUT2D eigenvalue weighted by atomic mass is 127. The van der Waals surface area contributed by atoms with Gasteiger partial charge in [0, 0.05) is 5.92 Å². The van der Waals surface area contributed by atoms with Crippen LogP contribution < -0.4 is 4.74 Å². The van der Waals surface area contributed by atoms with Crippen LogP contribution in [0.25, 0.3) is 6.08 Å². The fourth-order valence-corrected chi connectivity index (χ4v) is 6.83. The molecule has 3 amide bonds. The molecule has 0 spiro atoms. The van der Waals surface area contributed by atoms with Gasteiger partial charge in [0.25, 0.3) is 0 Å². The lowest BCUT2D eigenvalue weighted by atomic mass is 9.67. The molecule has 0 unspecified atom stereocenters. The lowest BCUT2D eigenvalue weighted by Gasteiger charge is -2.33. The van der Waals surface area contributed by atoms with Crippen molar-refractivity contribution < 1.29 is 33.7 Å². The van der Waals surface area contributed by atoms with Crippen LogP contribution in [0.5, 0.6) is 11.5 Å². The quantitative estimate of drug-likeness (QED) is 0.222. The number of phenolic OH excluding ortho intramolecular Hbond substituents is 1. The van der Waals surface area contributed by atoms with Crippen LogP contribution in [-0.4, -0.2) is 54.8 Å². The van der Waals surface area contributed by atoms with Crippen LogP contribution in [-0.2, 0) is 19.1 Å². The van der Waals surface area contributed by atoms with Crippen molar-refractivity contribution in [1.82, 2.24) is 4.90 Å². The topological polar surface area (TPSA) is 102 Å². The van der Waals surface area contributed by atoms with Crippen LogP contribution in [0.15, 0.2) is 28.9 Å². The molecule has 4 rings (SSSR count). The summed E-state index contributed by atoms with van der Waals surface area (Å²) in [6.45, 7) is 6.73. The highest BCUT2D eigenvalue weighted by Crippen LogP contribution is 2.51. The van der Waals surface area contributed by atoms with Gasteiger partial charge in [0.15, 0.2) is 11.5 Å². The molecule has 1 aliphatic carbocycles. The third-order valence-corrected chi connectivity index (χ3v) is 8.76. The average Bonchev–Trinajstić information content (AvgIpc) is 3.41. The number of hydrogen-bond acceptors (Lipinski definition) is 7. The molecule has 1 aromatic rings. The molecule has 2 saturated heterocycles. The summed E-state index contributed by atoms with van der Waals surface area (Å²) < 4.78 is 17.1. The van der Waals surface area contributed by atoms with Gasteiger partial charge >= 0.3 is 6.09 Å². The molecule has 2 fully saturated rings. The van der Waals surface area contributed by atoms with Gasteiger partial charge in [0.1, 0.15) is 0 Å². The van der Waals surface area contributed by atoms with Gasteiger partial charge in [-0.2, -0.15) is 4.90 Å². The van der Waals surface area contributed by atoms with Crippen LogP contribution in [0.2, 0.25) is 0 Å². The second-order valence-electron chi connectivity index (χ2n) is 10.5. The first-order chi connectivity index (χ1) is 18.1. The Morgan fingerprint density at radius 1 is 1.21 bits per heavy atom. The number of halogens is 1. The minimum Gasteiger partial charge on any atom is -0.504 e. The van der Waals surface area contributed by atoms with Crippen molar-refractivity contribution in [3.05, 3.63) is 38.0 Å². The van der Waals surface area contributed by atoms with Crippen LogP contribution in [0, 0.1) is 27.2 Å². The van der Waals surface area contributed by atoms with Gasteiger partial charge in [-0.25, -0.2) is 4.79 Å². The van der Waals surface area contributed by atoms with Crippen LogP contribution >= 0.6 is 22.6 Å². The maximum absolute atomic E-state index is 13.2. The molecule has 2 heterocycles. The van der Waals surface area contributed by atoms with Gasteiger partial charge in [0.05, 0.1) is 42.3 Å². The number of fused-ring (bicyclic) bond motifs is 3. The second-order valence-corrected chi connectivity index (χ2v) is 11.7. The first-order valence-corrected chi connectivity index (χ1v) is 14.3. The Labute approximate surface area is 237 Å². The summed E-state index contributed by atoms with van der Waals surface area (Å²) in [6, 6.07) is 3.78. The molecule has 0 aromatic heterocycles. The van der Waals surface area contributed by atoms with E-state index in [0.717, 1.165) is 40.4 Å². The van der Waals surface area contributed by atoms with Crippen molar-refractivity contribution in [3.63, 3.8) is 0 Å². The molecule has 0 bridgehead atoms. The lowest BCUT2D eigenvalue weighted by molar-refractivity contribution is -0.137. The Morgan fingerprint density at radius 3 is 2.58 bits per heavy atom. The Kier molecular flexibility index (Phi) is 8.86. The third-order valence-electron chi connectivity index (χ3n) is 7.94. The zero-order chi connectivity index (χ0) is 27.7. The van der Waals surface area contributed by atoms with Crippen LogP contribution in [0.3, 0.4) is 0 Å². The number of amides is 3. The summed E-state index contributed by atoms with van der Waals surface area (Å²) in [5, 5.41) is 10.2. The zero-order valence-corrected chi connectivity index (χ0v) is 24.7. The standard InChI is InChI=1S/C29H36INO7/c1-6-7-16(10-17-11-21(30)26(32)23(12-17)36-4)8-9-22-24-18(15(2)3)13-19-25(20(24)14-38-22)28(34)31(27(19)33)29(35)37-5/h10-12,15,19-20,22,25,32H,6-9,13-14H2,1-5H3/b16-10+/t19-,20+,22-,25-/m1/s1. The predicted octanol–water partition coefficient (Wildman–Crippen LogP) is 5.71. The number of hydrogen-bond donors (Lipinski definition) is 1. The lowest BCUT2D eigenvalue weighted by Crippen LogP contribution is -2.38. The summed E-state index contributed by atoms with van der Waals surface area (Å²) >= 11 is 2.10. The van der Waals surface area contributed by atoms with Crippen molar-refractivity contribution >= 4 is 46.6 Å². The number of benzene rings is 1. The monoisotopic (exact) mass is 637 g/mol. The number of phenols is 1. The highest BCUT2D eigenvalue weighted by molar-refractivity contribution is 14.1. The number of carbonyl (C=O) groups is 3. The first-order valence-electron chi connectivity index (χ1n) is 13.2. The van der Waals surface area contributed by atoms with Crippen molar-refractivity contribution in [2.45, 2.75) is 59.0 Å². The molecule has 0 saturated carbocycles. The maximum Gasteiger partial charge on any atom is 0.423 e. The van der Waals surface area contributed by atoms with E-state index in [1.807, 2.05) is 12.1 Å². The summed E-state index contributed by atoms with van der Waals surface area (Å²) in [5.41, 5.74) is 4.56. The molecule has 0 radical (unpaired) electrons. The Bertz CT molecular complexity index is 1190. The predicted molar refractivity (Wildman–Crippen MR) is 150 cm³/mol.